The molecule has 0 unspecified atom stereocenters. The van der Waals surface area contributed by atoms with E-state index in [0.29, 0.717) is 11.2 Å². The number of ether oxygens (including phenoxy) is 2. The summed E-state index contributed by atoms with van der Waals surface area (Å²) in [7, 11) is 3.37. The van der Waals surface area contributed by atoms with Gasteiger partial charge in [0.15, 0.2) is 16.6 Å². The van der Waals surface area contributed by atoms with Crippen LogP contribution < -0.4 is 20.1 Å². The topological polar surface area (TPSA) is 45.8 Å². The van der Waals surface area contributed by atoms with Crippen LogP contribution in [0.25, 0.3) is 0 Å². The highest BCUT2D eigenvalue weighted by Gasteiger charge is 2.33. The predicted molar refractivity (Wildman–Crippen MR) is 126 cm³/mol. The van der Waals surface area contributed by atoms with Gasteiger partial charge >= 0.3 is 0 Å². The minimum absolute atomic E-state index is 0.115. The first-order chi connectivity index (χ1) is 14.4. The molecule has 1 aliphatic heterocycles. The number of fused-ring (bicyclic) bond motifs is 1. The summed E-state index contributed by atoms with van der Waals surface area (Å²) in [6.45, 7) is 8.23. The molecular formula is C24H33N3O2S. The molecule has 0 bridgehead atoms. The largest absolute Gasteiger partial charge is 0.493 e. The van der Waals surface area contributed by atoms with E-state index in [4.69, 9.17) is 21.7 Å². The highest BCUT2D eigenvalue weighted by molar-refractivity contribution is 7.80. The van der Waals surface area contributed by atoms with Gasteiger partial charge in [0.25, 0.3) is 0 Å². The van der Waals surface area contributed by atoms with E-state index < -0.39 is 0 Å². The smallest absolute Gasteiger partial charge is 0.166 e. The maximum absolute atomic E-state index is 5.62. The molecule has 0 spiro atoms. The molecule has 0 radical (unpaired) electrons. The first-order valence-corrected chi connectivity index (χ1v) is 10.9. The Hall–Kier alpha value is -2.31. The molecule has 6 heteroatoms. The predicted octanol–water partition coefficient (Wildman–Crippen LogP) is 4.06. The molecule has 0 fully saturated rings. The van der Waals surface area contributed by atoms with Crippen molar-refractivity contribution in [2.75, 3.05) is 20.8 Å². The zero-order valence-corrected chi connectivity index (χ0v) is 19.4. The van der Waals surface area contributed by atoms with Crippen molar-refractivity contribution in [1.82, 2.24) is 15.5 Å². The molecule has 0 aliphatic carbocycles. The number of benzene rings is 2. The first-order valence-electron chi connectivity index (χ1n) is 10.5. The molecule has 2 aromatic rings. The van der Waals surface area contributed by atoms with E-state index >= 15 is 0 Å². The monoisotopic (exact) mass is 427 g/mol. The number of thiocarbonyl (C=S) groups is 1. The van der Waals surface area contributed by atoms with Crippen LogP contribution in [0, 0.1) is 0 Å². The standard InChI is InChI=1S/C24H33N3O2S/c1-16(2)25-24(30)26-17(3)23-20-14-22(29-5)21(28-4)13-19(20)11-12-27(23)15-18-9-7-6-8-10-18/h6-10,13-14,16-17,23H,11-12,15H2,1-5H3,(H2,25,26,30)/t17-,23+/m0/s1. The molecule has 1 heterocycles. The van der Waals surface area contributed by atoms with Gasteiger partial charge in [-0.05, 0) is 68.2 Å². The third kappa shape index (κ3) is 5.24. The lowest BCUT2D eigenvalue weighted by Crippen LogP contribution is -2.50. The van der Waals surface area contributed by atoms with Gasteiger partial charge < -0.3 is 20.1 Å². The summed E-state index contributed by atoms with van der Waals surface area (Å²) >= 11 is 5.55. The van der Waals surface area contributed by atoms with Gasteiger partial charge in [0.05, 0.1) is 20.3 Å². The molecule has 1 aliphatic rings. The number of nitrogens with one attached hydrogen (secondary N) is 2. The third-order valence-corrected chi connectivity index (χ3v) is 5.74. The van der Waals surface area contributed by atoms with Crippen molar-refractivity contribution in [3.8, 4) is 11.5 Å². The fraction of sp³-hybridized carbons (Fsp3) is 0.458. The molecule has 0 saturated heterocycles. The van der Waals surface area contributed by atoms with E-state index in [9.17, 15) is 0 Å². The summed E-state index contributed by atoms with van der Waals surface area (Å²) in [5.74, 6) is 1.54. The van der Waals surface area contributed by atoms with Gasteiger partial charge in [0.2, 0.25) is 0 Å². The summed E-state index contributed by atoms with van der Waals surface area (Å²) in [6, 6.07) is 15.4. The normalized spacial score (nSPS) is 17.2. The van der Waals surface area contributed by atoms with Gasteiger partial charge in [-0.2, -0.15) is 0 Å². The Balaban J connectivity index is 1.95. The maximum atomic E-state index is 5.62. The molecule has 2 N–H and O–H groups in total. The van der Waals surface area contributed by atoms with E-state index in [-0.39, 0.29) is 12.1 Å². The van der Waals surface area contributed by atoms with Crippen molar-refractivity contribution in [1.29, 1.82) is 0 Å². The van der Waals surface area contributed by atoms with Crippen LogP contribution in [-0.4, -0.2) is 42.9 Å². The molecule has 0 saturated carbocycles. The average Bonchev–Trinajstić information content (AvgIpc) is 2.72. The fourth-order valence-corrected chi connectivity index (χ4v) is 4.62. The quantitative estimate of drug-likeness (QED) is 0.650. The zero-order chi connectivity index (χ0) is 21.7. The highest BCUT2D eigenvalue weighted by Crippen LogP contribution is 2.40. The molecule has 2 aromatic carbocycles. The summed E-state index contributed by atoms with van der Waals surface area (Å²) in [6.07, 6.45) is 0.973. The number of nitrogens with zero attached hydrogens (tertiary/aromatic N) is 1. The molecule has 162 valence electrons. The Morgan fingerprint density at radius 2 is 1.73 bits per heavy atom. The fourth-order valence-electron chi connectivity index (χ4n) is 4.20. The number of methoxy groups -OCH3 is 2. The number of hydrogen-bond acceptors (Lipinski definition) is 4. The SMILES string of the molecule is COc1cc2c(cc1OC)[C@@H]([C@H](C)NC(=S)NC(C)C)N(Cc1ccccc1)CC2. The minimum atomic E-state index is 0.115. The summed E-state index contributed by atoms with van der Waals surface area (Å²) < 4.78 is 11.2. The Kier molecular flexibility index (Phi) is 7.56. The van der Waals surface area contributed by atoms with E-state index in [2.05, 4.69) is 78.8 Å². The van der Waals surface area contributed by atoms with Crippen LogP contribution in [0.3, 0.4) is 0 Å². The Labute approximate surface area is 185 Å². The number of hydrogen-bond donors (Lipinski definition) is 2. The van der Waals surface area contributed by atoms with Crippen molar-refractivity contribution in [3.05, 3.63) is 59.2 Å². The zero-order valence-electron chi connectivity index (χ0n) is 18.6. The second-order valence-electron chi connectivity index (χ2n) is 8.12. The second-order valence-corrected chi connectivity index (χ2v) is 8.53. The van der Waals surface area contributed by atoms with Crippen LogP contribution >= 0.6 is 12.2 Å². The van der Waals surface area contributed by atoms with Crippen molar-refractivity contribution in [2.24, 2.45) is 0 Å². The minimum Gasteiger partial charge on any atom is -0.493 e. The molecule has 3 rings (SSSR count). The van der Waals surface area contributed by atoms with Crippen molar-refractivity contribution in [3.63, 3.8) is 0 Å². The molecule has 5 nitrogen and oxygen atoms in total. The van der Waals surface area contributed by atoms with E-state index in [0.717, 1.165) is 31.0 Å². The lowest BCUT2D eigenvalue weighted by Gasteiger charge is -2.41. The van der Waals surface area contributed by atoms with Crippen LogP contribution in [0.1, 0.15) is 43.5 Å². The summed E-state index contributed by atoms with van der Waals surface area (Å²) in [5.41, 5.74) is 3.88. The van der Waals surface area contributed by atoms with Crippen LogP contribution in [-0.2, 0) is 13.0 Å². The summed E-state index contributed by atoms with van der Waals surface area (Å²) in [4.78, 5) is 2.53. The molecule has 0 aromatic heterocycles. The van der Waals surface area contributed by atoms with E-state index in [1.165, 1.54) is 16.7 Å². The van der Waals surface area contributed by atoms with Crippen molar-refractivity contribution >= 4 is 17.3 Å². The van der Waals surface area contributed by atoms with E-state index in [1.54, 1.807) is 14.2 Å². The molecular weight excluding hydrogens is 394 g/mol. The van der Waals surface area contributed by atoms with Gasteiger partial charge in [-0.3, -0.25) is 4.90 Å². The maximum Gasteiger partial charge on any atom is 0.166 e. The number of rotatable bonds is 7. The third-order valence-electron chi connectivity index (χ3n) is 5.51. The highest BCUT2D eigenvalue weighted by atomic mass is 32.1. The van der Waals surface area contributed by atoms with Crippen LogP contribution in [0.2, 0.25) is 0 Å². The average molecular weight is 428 g/mol. The lowest BCUT2D eigenvalue weighted by atomic mass is 9.87. The lowest BCUT2D eigenvalue weighted by molar-refractivity contribution is 0.149. The second kappa shape index (κ2) is 10.1. The van der Waals surface area contributed by atoms with Crippen molar-refractivity contribution in [2.45, 2.75) is 51.9 Å². The van der Waals surface area contributed by atoms with E-state index in [1.807, 2.05) is 0 Å². The van der Waals surface area contributed by atoms with Gasteiger partial charge in [0, 0.05) is 25.2 Å². The van der Waals surface area contributed by atoms with Crippen LogP contribution in [0.4, 0.5) is 0 Å². The van der Waals surface area contributed by atoms with Gasteiger partial charge in [-0.25, -0.2) is 0 Å². The van der Waals surface area contributed by atoms with Crippen LogP contribution in [0.5, 0.6) is 11.5 Å². The Morgan fingerprint density at radius 3 is 2.37 bits per heavy atom. The molecule has 30 heavy (non-hydrogen) atoms. The van der Waals surface area contributed by atoms with Gasteiger partial charge in [-0.1, -0.05) is 30.3 Å². The van der Waals surface area contributed by atoms with Crippen LogP contribution in [0.15, 0.2) is 42.5 Å². The molecule has 0 amide bonds. The van der Waals surface area contributed by atoms with Gasteiger partial charge in [-0.15, -0.1) is 0 Å². The Morgan fingerprint density at radius 1 is 1.07 bits per heavy atom. The Bertz CT molecular complexity index is 857. The first kappa shape index (κ1) is 22.4. The summed E-state index contributed by atoms with van der Waals surface area (Å²) in [5, 5.41) is 7.49. The van der Waals surface area contributed by atoms with Gasteiger partial charge in [0.1, 0.15) is 0 Å². The van der Waals surface area contributed by atoms with Crippen molar-refractivity contribution < 1.29 is 9.47 Å². The molecule has 2 atom stereocenters.